The molecular formula is C18H26ClFN2O2. The van der Waals surface area contributed by atoms with Crippen LogP contribution in [-0.2, 0) is 4.79 Å². The van der Waals surface area contributed by atoms with Gasteiger partial charge in [-0.25, -0.2) is 4.39 Å². The molecule has 2 aliphatic rings. The summed E-state index contributed by atoms with van der Waals surface area (Å²) in [6.07, 6.45) is 5.81. The van der Waals surface area contributed by atoms with Crippen molar-refractivity contribution in [2.45, 2.75) is 50.6 Å². The lowest BCUT2D eigenvalue weighted by molar-refractivity contribution is -0.123. The molecule has 6 heteroatoms. The lowest BCUT2D eigenvalue weighted by Gasteiger charge is -2.45. The normalized spacial score (nSPS) is 28.6. The van der Waals surface area contributed by atoms with Crippen LogP contribution in [0.5, 0.6) is 5.75 Å². The molecule has 2 aliphatic carbocycles. The summed E-state index contributed by atoms with van der Waals surface area (Å²) in [4.78, 5) is 12.2. The van der Waals surface area contributed by atoms with E-state index in [2.05, 4.69) is 5.32 Å². The van der Waals surface area contributed by atoms with Gasteiger partial charge < -0.3 is 15.8 Å². The maximum Gasteiger partial charge on any atom is 0.223 e. The van der Waals surface area contributed by atoms with Crippen molar-refractivity contribution in [2.75, 3.05) is 6.61 Å². The Bertz CT molecular complexity index is 544. The number of rotatable bonds is 5. The third-order valence-electron chi connectivity index (χ3n) is 5.13. The van der Waals surface area contributed by atoms with E-state index in [0.717, 1.165) is 25.7 Å². The molecule has 0 radical (unpaired) electrons. The van der Waals surface area contributed by atoms with Crippen LogP contribution < -0.4 is 15.8 Å². The van der Waals surface area contributed by atoms with E-state index in [1.54, 1.807) is 18.2 Å². The van der Waals surface area contributed by atoms with Gasteiger partial charge in [0, 0.05) is 12.1 Å². The molecule has 2 unspecified atom stereocenters. The summed E-state index contributed by atoms with van der Waals surface area (Å²) in [5.74, 6) is 0.797. The number of fused-ring (bicyclic) bond motifs is 2. The molecule has 0 aromatic heterocycles. The quantitative estimate of drug-likeness (QED) is 0.852. The number of benzene rings is 1. The highest BCUT2D eigenvalue weighted by Gasteiger charge is 2.39. The predicted molar refractivity (Wildman–Crippen MR) is 93.7 cm³/mol. The Balaban J connectivity index is 0.00000208. The summed E-state index contributed by atoms with van der Waals surface area (Å²) >= 11 is 0. The summed E-state index contributed by atoms with van der Waals surface area (Å²) < 4.78 is 18.8. The van der Waals surface area contributed by atoms with E-state index in [4.69, 9.17) is 10.5 Å². The minimum absolute atomic E-state index is 0. The summed E-state index contributed by atoms with van der Waals surface area (Å²) in [7, 11) is 0. The number of carbonyl (C=O) groups is 1. The topological polar surface area (TPSA) is 64.3 Å². The van der Waals surface area contributed by atoms with Crippen LogP contribution in [0.15, 0.2) is 24.3 Å². The second-order valence-electron chi connectivity index (χ2n) is 6.80. The summed E-state index contributed by atoms with van der Waals surface area (Å²) in [6, 6.07) is 6.78. The molecule has 2 fully saturated rings. The average molecular weight is 357 g/mol. The second-order valence-corrected chi connectivity index (χ2v) is 6.80. The molecule has 2 atom stereocenters. The molecule has 1 aromatic rings. The molecule has 3 N–H and O–H groups in total. The van der Waals surface area contributed by atoms with Crippen LogP contribution in [0.2, 0.25) is 0 Å². The number of nitrogens with one attached hydrogen (secondary N) is 1. The Morgan fingerprint density at radius 1 is 1.25 bits per heavy atom. The van der Waals surface area contributed by atoms with E-state index < -0.39 is 5.82 Å². The van der Waals surface area contributed by atoms with E-state index in [0.29, 0.717) is 11.8 Å². The van der Waals surface area contributed by atoms with Gasteiger partial charge >= 0.3 is 0 Å². The molecule has 4 nitrogen and oxygen atoms in total. The van der Waals surface area contributed by atoms with E-state index in [1.165, 1.54) is 12.5 Å². The maximum atomic E-state index is 13.4. The average Bonchev–Trinajstić information content (AvgIpc) is 2.50. The standard InChI is InChI=1S/C18H25FN2O2.ClH/c19-15-6-1-2-7-16(15)23-9-8-17(22)21-18-12-4-3-5-13(18)11-14(20)10-12;/h1-2,6-7,12-14,18H,3-5,8-11,20H2,(H,21,22);1H. The van der Waals surface area contributed by atoms with Gasteiger partial charge in [-0.15, -0.1) is 12.4 Å². The molecule has 0 saturated heterocycles. The summed E-state index contributed by atoms with van der Waals surface area (Å²) in [5.41, 5.74) is 6.11. The molecule has 2 saturated carbocycles. The first-order valence-electron chi connectivity index (χ1n) is 8.55. The number of hydrogen-bond acceptors (Lipinski definition) is 3. The van der Waals surface area contributed by atoms with Crippen molar-refractivity contribution in [1.82, 2.24) is 5.32 Å². The minimum atomic E-state index is -0.399. The third kappa shape index (κ3) is 4.61. The van der Waals surface area contributed by atoms with E-state index in [-0.39, 0.29) is 49.2 Å². The smallest absolute Gasteiger partial charge is 0.223 e. The summed E-state index contributed by atoms with van der Waals surface area (Å²) in [5, 5.41) is 3.17. The van der Waals surface area contributed by atoms with Gasteiger partial charge in [0.1, 0.15) is 0 Å². The molecule has 1 amide bonds. The second kappa shape index (κ2) is 8.67. The Morgan fingerprint density at radius 2 is 1.92 bits per heavy atom. The van der Waals surface area contributed by atoms with Gasteiger partial charge in [0.25, 0.3) is 0 Å². The van der Waals surface area contributed by atoms with Crippen LogP contribution in [0.25, 0.3) is 0 Å². The van der Waals surface area contributed by atoms with Gasteiger partial charge in [-0.3, -0.25) is 4.79 Å². The number of carbonyl (C=O) groups excluding carboxylic acids is 1. The number of para-hydroxylation sites is 1. The first kappa shape index (κ1) is 19.0. The maximum absolute atomic E-state index is 13.4. The fourth-order valence-electron chi connectivity index (χ4n) is 4.10. The van der Waals surface area contributed by atoms with Crippen molar-refractivity contribution in [1.29, 1.82) is 0 Å². The lowest BCUT2D eigenvalue weighted by Crippen LogP contribution is -2.53. The largest absolute Gasteiger partial charge is 0.490 e. The van der Waals surface area contributed by atoms with Crippen LogP contribution in [-0.4, -0.2) is 24.6 Å². The van der Waals surface area contributed by atoms with E-state index in [1.807, 2.05) is 0 Å². The molecule has 0 spiro atoms. The van der Waals surface area contributed by atoms with Crippen LogP contribution >= 0.6 is 12.4 Å². The highest BCUT2D eigenvalue weighted by molar-refractivity contribution is 5.85. The minimum Gasteiger partial charge on any atom is -0.490 e. The van der Waals surface area contributed by atoms with Crippen molar-refractivity contribution in [3.8, 4) is 5.75 Å². The van der Waals surface area contributed by atoms with E-state index >= 15 is 0 Å². The molecule has 2 bridgehead atoms. The van der Waals surface area contributed by atoms with Gasteiger partial charge in [-0.2, -0.15) is 0 Å². The van der Waals surface area contributed by atoms with Gasteiger partial charge in [0.15, 0.2) is 11.6 Å². The van der Waals surface area contributed by atoms with Crippen molar-refractivity contribution in [2.24, 2.45) is 17.6 Å². The summed E-state index contributed by atoms with van der Waals surface area (Å²) in [6.45, 7) is 0.189. The number of amides is 1. The van der Waals surface area contributed by atoms with Crippen LogP contribution in [0.4, 0.5) is 4.39 Å². The monoisotopic (exact) mass is 356 g/mol. The Labute approximate surface area is 148 Å². The Morgan fingerprint density at radius 3 is 2.58 bits per heavy atom. The molecule has 0 heterocycles. The fraction of sp³-hybridized carbons (Fsp3) is 0.611. The third-order valence-corrected chi connectivity index (χ3v) is 5.13. The molecule has 24 heavy (non-hydrogen) atoms. The molecule has 3 rings (SSSR count). The van der Waals surface area contributed by atoms with Crippen LogP contribution in [0.3, 0.4) is 0 Å². The van der Waals surface area contributed by atoms with Gasteiger partial charge in [-0.05, 0) is 49.7 Å². The number of halogens is 2. The zero-order valence-electron chi connectivity index (χ0n) is 13.7. The zero-order chi connectivity index (χ0) is 16.2. The fourth-order valence-corrected chi connectivity index (χ4v) is 4.10. The van der Waals surface area contributed by atoms with Gasteiger partial charge in [-0.1, -0.05) is 18.6 Å². The number of ether oxygens (including phenoxy) is 1. The number of hydrogen-bond donors (Lipinski definition) is 2. The highest BCUT2D eigenvalue weighted by Crippen LogP contribution is 2.39. The molecule has 134 valence electrons. The van der Waals surface area contributed by atoms with Crippen molar-refractivity contribution in [3.05, 3.63) is 30.1 Å². The first-order chi connectivity index (χ1) is 11.1. The zero-order valence-corrected chi connectivity index (χ0v) is 14.6. The Hall–Kier alpha value is -1.33. The Kier molecular flexibility index (Phi) is 6.87. The van der Waals surface area contributed by atoms with Crippen LogP contribution in [0, 0.1) is 17.7 Å². The highest BCUT2D eigenvalue weighted by atomic mass is 35.5. The first-order valence-corrected chi connectivity index (χ1v) is 8.55. The SMILES string of the molecule is Cl.NC1CC2CCCC(C1)C2NC(=O)CCOc1ccccc1F. The molecule has 0 aliphatic heterocycles. The molecule has 1 aromatic carbocycles. The predicted octanol–water partition coefficient (Wildman–Crippen LogP) is 3.04. The van der Waals surface area contributed by atoms with Crippen LogP contribution in [0.1, 0.15) is 38.5 Å². The van der Waals surface area contributed by atoms with Crippen molar-refractivity contribution < 1.29 is 13.9 Å². The lowest BCUT2D eigenvalue weighted by atomic mass is 9.67. The molecular weight excluding hydrogens is 331 g/mol. The van der Waals surface area contributed by atoms with Crippen molar-refractivity contribution >= 4 is 18.3 Å². The van der Waals surface area contributed by atoms with Crippen molar-refractivity contribution in [3.63, 3.8) is 0 Å². The van der Waals surface area contributed by atoms with Gasteiger partial charge in [0.05, 0.1) is 13.0 Å². The number of nitrogens with two attached hydrogens (primary N) is 1. The van der Waals surface area contributed by atoms with E-state index in [9.17, 15) is 9.18 Å². The van der Waals surface area contributed by atoms with Gasteiger partial charge in [0.2, 0.25) is 5.91 Å².